The predicted molar refractivity (Wildman–Crippen MR) is 264 cm³/mol. The first-order valence-electron chi connectivity index (χ1n) is 22.8. The summed E-state index contributed by atoms with van der Waals surface area (Å²) >= 11 is 0. The van der Waals surface area contributed by atoms with Gasteiger partial charge in [0.25, 0.3) is 0 Å². The summed E-state index contributed by atoms with van der Waals surface area (Å²) in [5.41, 5.74) is 24.3. The van der Waals surface area contributed by atoms with E-state index in [1.165, 1.54) is 89.0 Å². The van der Waals surface area contributed by atoms with E-state index in [0.717, 1.165) is 33.9 Å². The summed E-state index contributed by atoms with van der Waals surface area (Å²) < 4.78 is 0. The highest BCUT2D eigenvalue weighted by atomic mass is 14.9. The summed E-state index contributed by atoms with van der Waals surface area (Å²) in [5.74, 6) is 0.719. The van der Waals surface area contributed by atoms with Gasteiger partial charge in [0.1, 0.15) is 0 Å². The van der Waals surface area contributed by atoms with E-state index < -0.39 is 10.8 Å². The van der Waals surface area contributed by atoms with Crippen LogP contribution < -0.4 is 0 Å². The number of aromatic nitrogens is 2. The average molecular weight is 827 g/mol. The minimum absolute atomic E-state index is 0.149. The zero-order valence-corrected chi connectivity index (χ0v) is 36.2. The van der Waals surface area contributed by atoms with E-state index in [-0.39, 0.29) is 5.41 Å². The molecule has 0 bridgehead atoms. The molecule has 0 amide bonds. The van der Waals surface area contributed by atoms with Gasteiger partial charge >= 0.3 is 0 Å². The predicted octanol–water partition coefficient (Wildman–Crippen LogP) is 14.8. The van der Waals surface area contributed by atoms with Crippen molar-refractivity contribution in [1.29, 1.82) is 0 Å². The normalized spacial score (nSPS) is 15.3. The largest absolute Gasteiger partial charge is 0.228 e. The SMILES string of the molecule is CC1(C)c2ccccc2-c2ccc(-c3cc(-c4ccccc4)nc(-c4cccc5c4C4(c6ccccc6-c6ccccc64)c4ccccc4C54c5ccccc5-c5ccccc54)n3)cc21. The van der Waals surface area contributed by atoms with Crippen LogP contribution in [0.3, 0.4) is 0 Å². The lowest BCUT2D eigenvalue weighted by Gasteiger charge is -2.49. The van der Waals surface area contributed by atoms with Gasteiger partial charge in [-0.25, -0.2) is 9.97 Å². The third-order valence-corrected chi connectivity index (χ3v) is 15.4. The van der Waals surface area contributed by atoms with Gasteiger partial charge < -0.3 is 0 Å². The molecule has 1 heterocycles. The standard InChI is InChI=1S/C63H42N2/c1-61(2)48-27-11-6-21-41(48)46-36-35-40(37-56(46)61)58-38-57(39-19-4-3-5-20-39)64-60(65-58)47-26-18-34-55-59(47)63(51-30-14-9-24-44(51)45-25-10-15-31-52(45)63)54-33-17-16-32-53(54)62(55)49-28-12-7-22-42(49)43-23-8-13-29-50(43)62/h3-38H,1-2H3. The highest BCUT2D eigenvalue weighted by Gasteiger charge is 2.59. The van der Waals surface area contributed by atoms with E-state index in [2.05, 4.69) is 232 Å². The van der Waals surface area contributed by atoms with Crippen LogP contribution in [0.15, 0.2) is 218 Å². The second-order valence-electron chi connectivity index (χ2n) is 18.7. The molecular formula is C63H42N2. The average Bonchev–Trinajstić information content (AvgIpc) is 3.92. The van der Waals surface area contributed by atoms with Crippen LogP contribution in [-0.2, 0) is 16.2 Å². The van der Waals surface area contributed by atoms with E-state index in [1.807, 2.05) is 0 Å². The molecule has 14 rings (SSSR count). The van der Waals surface area contributed by atoms with Crippen LogP contribution in [0.5, 0.6) is 0 Å². The lowest BCUT2D eigenvalue weighted by atomic mass is 9.51. The van der Waals surface area contributed by atoms with Crippen LogP contribution in [0.1, 0.15) is 69.5 Å². The van der Waals surface area contributed by atoms with Gasteiger partial charge in [-0.05, 0) is 101 Å². The Hall–Kier alpha value is -7.94. The summed E-state index contributed by atoms with van der Waals surface area (Å²) in [4.78, 5) is 11.4. The van der Waals surface area contributed by atoms with Gasteiger partial charge in [-0.15, -0.1) is 0 Å². The Bertz CT molecular complexity index is 3560. The fourth-order valence-electron chi connectivity index (χ4n) is 12.8. The van der Waals surface area contributed by atoms with E-state index in [9.17, 15) is 0 Å². The minimum atomic E-state index is -0.678. The first-order chi connectivity index (χ1) is 32.0. The molecule has 1 aromatic heterocycles. The number of hydrogen-bond donors (Lipinski definition) is 0. The molecule has 4 aliphatic carbocycles. The Morgan fingerprint density at radius 2 is 0.677 bits per heavy atom. The molecular weight excluding hydrogens is 785 g/mol. The summed E-state index contributed by atoms with van der Waals surface area (Å²) in [6, 6.07) is 81.3. The number of nitrogens with zero attached hydrogens (tertiary/aromatic N) is 2. The Kier molecular flexibility index (Phi) is 7.34. The van der Waals surface area contributed by atoms with E-state index in [4.69, 9.17) is 9.97 Å². The van der Waals surface area contributed by atoms with Crippen molar-refractivity contribution in [2.75, 3.05) is 0 Å². The molecule has 0 radical (unpaired) electrons. The molecule has 9 aromatic carbocycles. The molecule has 0 fully saturated rings. The van der Waals surface area contributed by atoms with Crippen molar-refractivity contribution in [3.63, 3.8) is 0 Å². The van der Waals surface area contributed by atoms with E-state index in [0.29, 0.717) is 0 Å². The quantitative estimate of drug-likeness (QED) is 0.177. The number of fused-ring (bicyclic) bond motifs is 19. The molecule has 10 aromatic rings. The zero-order chi connectivity index (χ0) is 43.1. The highest BCUT2D eigenvalue weighted by molar-refractivity contribution is 5.96. The lowest BCUT2D eigenvalue weighted by Crippen LogP contribution is -2.44. The Labute approximate surface area is 379 Å². The summed E-state index contributed by atoms with van der Waals surface area (Å²) in [6.07, 6.45) is 0. The zero-order valence-electron chi connectivity index (χ0n) is 36.2. The molecule has 0 saturated heterocycles. The van der Waals surface area contributed by atoms with E-state index >= 15 is 0 Å². The molecule has 65 heavy (non-hydrogen) atoms. The first kappa shape index (κ1) is 36.5. The number of rotatable bonds is 3. The van der Waals surface area contributed by atoms with Crippen molar-refractivity contribution < 1.29 is 0 Å². The third kappa shape index (κ3) is 4.58. The number of benzene rings is 9. The van der Waals surface area contributed by atoms with Crippen LogP contribution in [0, 0.1) is 0 Å². The van der Waals surface area contributed by atoms with Crippen molar-refractivity contribution in [2.45, 2.75) is 30.1 Å². The van der Waals surface area contributed by atoms with Crippen LogP contribution in [-0.4, -0.2) is 9.97 Å². The molecule has 0 aliphatic heterocycles. The van der Waals surface area contributed by atoms with Crippen molar-refractivity contribution >= 4 is 0 Å². The van der Waals surface area contributed by atoms with Crippen LogP contribution in [0.2, 0.25) is 0 Å². The van der Waals surface area contributed by atoms with Gasteiger partial charge in [-0.2, -0.15) is 0 Å². The Morgan fingerprint density at radius 3 is 1.25 bits per heavy atom. The summed E-state index contributed by atoms with van der Waals surface area (Å²) in [7, 11) is 0. The smallest absolute Gasteiger partial charge is 0.160 e. The molecule has 304 valence electrons. The van der Waals surface area contributed by atoms with E-state index in [1.54, 1.807) is 0 Å². The van der Waals surface area contributed by atoms with Crippen molar-refractivity contribution in [2.24, 2.45) is 0 Å². The first-order valence-corrected chi connectivity index (χ1v) is 22.8. The molecule has 0 unspecified atom stereocenters. The Morgan fingerprint density at radius 1 is 0.277 bits per heavy atom. The van der Waals surface area contributed by atoms with Crippen molar-refractivity contribution in [3.05, 3.63) is 274 Å². The van der Waals surface area contributed by atoms with Crippen LogP contribution in [0.25, 0.3) is 67.3 Å². The second kappa shape index (κ2) is 13.1. The third-order valence-electron chi connectivity index (χ3n) is 15.4. The van der Waals surface area contributed by atoms with Gasteiger partial charge in [0.2, 0.25) is 0 Å². The molecule has 2 spiro atoms. The fraction of sp³-hybridized carbons (Fsp3) is 0.0794. The maximum Gasteiger partial charge on any atom is 0.160 e. The minimum Gasteiger partial charge on any atom is -0.228 e. The van der Waals surface area contributed by atoms with Crippen LogP contribution >= 0.6 is 0 Å². The molecule has 0 atom stereocenters. The van der Waals surface area contributed by atoms with Gasteiger partial charge in [-0.1, -0.05) is 220 Å². The summed E-state index contributed by atoms with van der Waals surface area (Å²) in [5, 5.41) is 0. The molecule has 0 N–H and O–H groups in total. The fourth-order valence-corrected chi connectivity index (χ4v) is 12.8. The highest BCUT2D eigenvalue weighted by Crippen LogP contribution is 2.68. The molecule has 2 heteroatoms. The second-order valence-corrected chi connectivity index (χ2v) is 18.7. The lowest BCUT2D eigenvalue weighted by molar-refractivity contribution is 0.634. The number of hydrogen-bond acceptors (Lipinski definition) is 2. The molecule has 4 aliphatic rings. The molecule has 0 saturated carbocycles. The van der Waals surface area contributed by atoms with Gasteiger partial charge in [0, 0.05) is 22.1 Å². The van der Waals surface area contributed by atoms with Crippen LogP contribution in [0.4, 0.5) is 0 Å². The maximum absolute atomic E-state index is 5.74. The van der Waals surface area contributed by atoms with Crippen molar-refractivity contribution in [3.8, 4) is 67.3 Å². The maximum atomic E-state index is 5.74. The van der Waals surface area contributed by atoms with Gasteiger partial charge in [-0.3, -0.25) is 0 Å². The van der Waals surface area contributed by atoms with Crippen molar-refractivity contribution in [1.82, 2.24) is 9.97 Å². The Balaban J connectivity index is 1.13. The van der Waals surface area contributed by atoms with Gasteiger partial charge in [0.15, 0.2) is 5.82 Å². The molecule has 2 nitrogen and oxygen atoms in total. The summed E-state index contributed by atoms with van der Waals surface area (Å²) in [6.45, 7) is 4.70. The topological polar surface area (TPSA) is 25.8 Å². The monoisotopic (exact) mass is 826 g/mol. The van der Waals surface area contributed by atoms with Gasteiger partial charge in [0.05, 0.1) is 22.2 Å².